The summed E-state index contributed by atoms with van der Waals surface area (Å²) in [6, 6.07) is 11.7. The molecule has 1 saturated heterocycles. The second-order valence-corrected chi connectivity index (χ2v) is 6.88. The van der Waals surface area contributed by atoms with E-state index in [0.717, 1.165) is 5.82 Å². The van der Waals surface area contributed by atoms with Crippen molar-refractivity contribution in [2.75, 3.05) is 36.4 Å². The number of benzene rings is 2. The summed E-state index contributed by atoms with van der Waals surface area (Å²) in [4.78, 5) is 16.9. The smallest absolute Gasteiger partial charge is 0.214 e. The van der Waals surface area contributed by atoms with Crippen LogP contribution in [-0.4, -0.2) is 47.0 Å². The summed E-state index contributed by atoms with van der Waals surface area (Å²) in [5, 5.41) is 12.8. The topological polar surface area (TPSA) is 80.4 Å². The number of rotatable bonds is 2. The molecule has 29 heavy (non-hydrogen) atoms. The van der Waals surface area contributed by atoms with E-state index >= 15 is 0 Å². The van der Waals surface area contributed by atoms with Crippen molar-refractivity contribution in [1.82, 2.24) is 14.9 Å². The number of fused-ring (bicyclic) bond motifs is 1. The first kappa shape index (κ1) is 18.9. The molecule has 0 spiro atoms. The van der Waals surface area contributed by atoms with Crippen molar-refractivity contribution in [3.05, 3.63) is 59.5 Å². The van der Waals surface area contributed by atoms with E-state index in [-0.39, 0.29) is 5.82 Å². The fourth-order valence-corrected chi connectivity index (χ4v) is 3.36. The maximum atomic E-state index is 13.3. The first-order chi connectivity index (χ1) is 14.1. The lowest BCUT2D eigenvalue weighted by Gasteiger charge is -2.36. The van der Waals surface area contributed by atoms with Gasteiger partial charge in [-0.25, -0.2) is 9.37 Å². The predicted molar refractivity (Wildman–Crippen MR) is 111 cm³/mol. The number of nitrogens with one attached hydrogen (secondary N) is 1. The van der Waals surface area contributed by atoms with E-state index in [2.05, 4.69) is 25.2 Å². The maximum absolute atomic E-state index is 13.3. The van der Waals surface area contributed by atoms with Crippen LogP contribution in [-0.2, 0) is 0 Å². The average Bonchev–Trinajstić information content (AvgIpc) is 2.75. The third kappa shape index (κ3) is 4.20. The third-order valence-electron chi connectivity index (χ3n) is 4.67. The first-order valence-corrected chi connectivity index (χ1v) is 9.42. The molecule has 1 aliphatic rings. The van der Waals surface area contributed by atoms with Crippen LogP contribution in [0, 0.1) is 17.3 Å². The Morgan fingerprint density at radius 1 is 1.14 bits per heavy atom. The lowest BCUT2D eigenvalue weighted by atomic mass is 10.3. The van der Waals surface area contributed by atoms with Crippen molar-refractivity contribution >= 4 is 40.1 Å². The van der Waals surface area contributed by atoms with E-state index in [1.807, 2.05) is 29.3 Å². The SMILES string of the molecule is N#CN=C(Nc1ccccc1Cl)N1CCN(c2cnc3cc(F)ccc3n2)CC1. The number of hydrogen-bond donors (Lipinski definition) is 1. The Kier molecular flexibility index (Phi) is 5.40. The van der Waals surface area contributed by atoms with Crippen LogP contribution in [0.1, 0.15) is 0 Å². The summed E-state index contributed by atoms with van der Waals surface area (Å²) in [5.41, 5.74) is 1.87. The van der Waals surface area contributed by atoms with Gasteiger partial charge in [-0.3, -0.25) is 4.98 Å². The summed E-state index contributed by atoms with van der Waals surface area (Å²) in [6.07, 6.45) is 3.50. The van der Waals surface area contributed by atoms with Gasteiger partial charge in [0, 0.05) is 32.2 Å². The van der Waals surface area contributed by atoms with Crippen molar-refractivity contribution < 1.29 is 4.39 Å². The highest BCUT2D eigenvalue weighted by Gasteiger charge is 2.22. The normalized spacial score (nSPS) is 14.7. The molecule has 4 rings (SSSR count). The summed E-state index contributed by atoms with van der Waals surface area (Å²) >= 11 is 6.20. The van der Waals surface area contributed by atoms with Crippen LogP contribution in [0.4, 0.5) is 15.9 Å². The van der Waals surface area contributed by atoms with Crippen LogP contribution in [0.15, 0.2) is 53.7 Å². The molecule has 0 saturated carbocycles. The number of aliphatic imine (C=N–C) groups is 1. The van der Waals surface area contributed by atoms with Gasteiger partial charge in [-0.2, -0.15) is 5.26 Å². The Labute approximate surface area is 172 Å². The first-order valence-electron chi connectivity index (χ1n) is 9.04. The molecule has 2 aromatic carbocycles. The molecule has 2 heterocycles. The third-order valence-corrected chi connectivity index (χ3v) is 5.00. The predicted octanol–water partition coefficient (Wildman–Crippen LogP) is 3.49. The molecule has 0 bridgehead atoms. The molecule has 1 aliphatic heterocycles. The molecule has 1 N–H and O–H groups in total. The van der Waals surface area contributed by atoms with Crippen molar-refractivity contribution in [3.63, 3.8) is 0 Å². The second kappa shape index (κ2) is 8.29. The van der Waals surface area contributed by atoms with Crippen LogP contribution in [0.25, 0.3) is 11.0 Å². The zero-order valence-corrected chi connectivity index (χ0v) is 16.1. The number of guanidine groups is 1. The van der Waals surface area contributed by atoms with Gasteiger partial charge in [0.05, 0.1) is 27.9 Å². The van der Waals surface area contributed by atoms with E-state index in [1.54, 1.807) is 18.3 Å². The fourth-order valence-electron chi connectivity index (χ4n) is 3.18. The summed E-state index contributed by atoms with van der Waals surface area (Å²) < 4.78 is 13.3. The number of anilines is 2. The van der Waals surface area contributed by atoms with Crippen molar-refractivity contribution in [3.8, 4) is 6.19 Å². The van der Waals surface area contributed by atoms with Gasteiger partial charge in [0.15, 0.2) is 0 Å². The van der Waals surface area contributed by atoms with Gasteiger partial charge in [-0.15, -0.1) is 4.99 Å². The van der Waals surface area contributed by atoms with Crippen LogP contribution in [0.5, 0.6) is 0 Å². The van der Waals surface area contributed by atoms with Crippen LogP contribution in [0.2, 0.25) is 5.02 Å². The van der Waals surface area contributed by atoms with Gasteiger partial charge in [-0.1, -0.05) is 23.7 Å². The van der Waals surface area contributed by atoms with Crippen molar-refractivity contribution in [2.24, 2.45) is 4.99 Å². The van der Waals surface area contributed by atoms with Gasteiger partial charge in [0.2, 0.25) is 12.2 Å². The summed E-state index contributed by atoms with van der Waals surface area (Å²) in [6.45, 7) is 2.63. The van der Waals surface area contributed by atoms with Crippen LogP contribution in [0.3, 0.4) is 0 Å². The molecule has 9 heteroatoms. The van der Waals surface area contributed by atoms with E-state index in [9.17, 15) is 4.39 Å². The number of aromatic nitrogens is 2. The van der Waals surface area contributed by atoms with Crippen LogP contribution >= 0.6 is 11.6 Å². The molecule has 3 aromatic rings. The summed E-state index contributed by atoms with van der Waals surface area (Å²) in [7, 11) is 0. The molecule has 0 atom stereocenters. The molecule has 0 radical (unpaired) electrons. The number of para-hydroxylation sites is 1. The lowest BCUT2D eigenvalue weighted by molar-refractivity contribution is 0.384. The highest BCUT2D eigenvalue weighted by Crippen LogP contribution is 2.22. The molecule has 1 aromatic heterocycles. The Hall–Kier alpha value is -3.44. The van der Waals surface area contributed by atoms with Gasteiger partial charge in [0.25, 0.3) is 0 Å². The molecule has 0 amide bonds. The lowest BCUT2D eigenvalue weighted by Crippen LogP contribution is -2.51. The second-order valence-electron chi connectivity index (χ2n) is 6.48. The molecule has 7 nitrogen and oxygen atoms in total. The highest BCUT2D eigenvalue weighted by atomic mass is 35.5. The van der Waals surface area contributed by atoms with E-state index in [4.69, 9.17) is 16.9 Å². The molecule has 146 valence electrons. The average molecular weight is 410 g/mol. The fraction of sp³-hybridized carbons (Fsp3) is 0.200. The largest absolute Gasteiger partial charge is 0.352 e. The molecule has 0 unspecified atom stereocenters. The minimum Gasteiger partial charge on any atom is -0.352 e. The van der Waals surface area contributed by atoms with Gasteiger partial charge in [-0.05, 0) is 24.3 Å². The summed E-state index contributed by atoms with van der Waals surface area (Å²) in [5.74, 6) is 0.866. The van der Waals surface area contributed by atoms with E-state index in [0.29, 0.717) is 53.9 Å². The number of nitriles is 1. The number of piperazine rings is 1. The quantitative estimate of drug-likeness (QED) is 0.396. The Balaban J connectivity index is 1.46. The van der Waals surface area contributed by atoms with Gasteiger partial charge >= 0.3 is 0 Å². The maximum Gasteiger partial charge on any atom is 0.214 e. The minimum absolute atomic E-state index is 0.330. The van der Waals surface area contributed by atoms with Crippen LogP contribution < -0.4 is 10.2 Å². The van der Waals surface area contributed by atoms with Gasteiger partial charge < -0.3 is 15.1 Å². The molecular formula is C20H17ClFN7. The van der Waals surface area contributed by atoms with Crippen molar-refractivity contribution in [2.45, 2.75) is 0 Å². The Morgan fingerprint density at radius 3 is 2.69 bits per heavy atom. The molecule has 1 fully saturated rings. The molecule has 0 aliphatic carbocycles. The monoisotopic (exact) mass is 409 g/mol. The number of hydrogen-bond acceptors (Lipinski definition) is 5. The standard InChI is InChI=1S/C20H17ClFN7/c21-15-3-1-2-4-16(15)27-20(25-13-23)29-9-7-28(8-10-29)19-12-24-18-11-14(22)5-6-17(18)26-19/h1-6,11-12H,7-10H2,(H,25,27). The van der Waals surface area contributed by atoms with Crippen molar-refractivity contribution in [1.29, 1.82) is 5.26 Å². The highest BCUT2D eigenvalue weighted by molar-refractivity contribution is 6.33. The molecular weight excluding hydrogens is 393 g/mol. The zero-order valence-electron chi connectivity index (χ0n) is 15.4. The Morgan fingerprint density at radius 2 is 1.93 bits per heavy atom. The Bertz CT molecular complexity index is 1100. The van der Waals surface area contributed by atoms with E-state index in [1.165, 1.54) is 12.1 Å². The number of nitrogens with zero attached hydrogens (tertiary/aromatic N) is 6. The van der Waals surface area contributed by atoms with Gasteiger partial charge in [0.1, 0.15) is 11.6 Å². The zero-order chi connectivity index (χ0) is 20.2. The van der Waals surface area contributed by atoms with E-state index < -0.39 is 0 Å². The number of halogens is 2. The minimum atomic E-state index is -0.330.